The number of hydrogen-bond acceptors (Lipinski definition) is 1. The highest BCUT2D eigenvalue weighted by atomic mass is 16.3. The van der Waals surface area contributed by atoms with E-state index in [4.69, 9.17) is 0 Å². The molecule has 0 saturated heterocycles. The maximum Gasteiger partial charge on any atom is 0.119 e. The average molecular weight is 1360 g/mol. The van der Waals surface area contributed by atoms with Gasteiger partial charge in [-0.3, -0.25) is 0 Å². The normalized spacial score (nSPS) is 28.5. The number of hydrogen-bond donors (Lipinski definition) is 1. The second kappa shape index (κ2) is 50.2. The fourth-order valence-corrected chi connectivity index (χ4v) is 18.8. The van der Waals surface area contributed by atoms with Crippen LogP contribution in [0.15, 0.2) is 84.9 Å². The first-order chi connectivity index (χ1) is 46.6. The zero-order valence-corrected chi connectivity index (χ0v) is 68.3. The highest BCUT2D eigenvalue weighted by Crippen LogP contribution is 2.63. The van der Waals surface area contributed by atoms with Gasteiger partial charge in [-0.25, -0.2) is 0 Å². The number of aryl methyl sites for hydroxylation is 7. The number of phenolic OH excluding ortho intramolecular Hbond substituents is 1. The Hall–Kier alpha value is -3.32. The molecule has 2 bridgehead atoms. The van der Waals surface area contributed by atoms with Crippen LogP contribution in [-0.2, 0) is 38.5 Å². The zero-order valence-electron chi connectivity index (χ0n) is 68.3. The number of benzene rings is 4. The summed E-state index contributed by atoms with van der Waals surface area (Å²) in [5.41, 5.74) is 12.4. The van der Waals surface area contributed by atoms with Crippen molar-refractivity contribution in [1.82, 2.24) is 0 Å². The summed E-state index contributed by atoms with van der Waals surface area (Å²) >= 11 is 0. The minimum atomic E-state index is 0. The van der Waals surface area contributed by atoms with Crippen molar-refractivity contribution >= 4 is 0 Å². The molecule has 8 fully saturated rings. The lowest BCUT2D eigenvalue weighted by atomic mass is 9.59. The van der Waals surface area contributed by atoms with Crippen molar-refractivity contribution in [3.05, 3.63) is 124 Å². The second-order valence-corrected chi connectivity index (χ2v) is 34.4. The molecule has 568 valence electrons. The average Bonchev–Trinajstić information content (AvgIpc) is 1.59. The number of fused-ring (bicyclic) bond motifs is 5. The van der Waals surface area contributed by atoms with E-state index < -0.39 is 0 Å². The van der Waals surface area contributed by atoms with Crippen molar-refractivity contribution in [1.29, 1.82) is 0 Å². The predicted molar refractivity (Wildman–Crippen MR) is 448 cm³/mol. The van der Waals surface area contributed by atoms with Crippen molar-refractivity contribution in [2.45, 2.75) is 379 Å². The highest BCUT2D eigenvalue weighted by molar-refractivity contribution is 5.64. The van der Waals surface area contributed by atoms with Crippen molar-refractivity contribution in [2.75, 3.05) is 0 Å². The topological polar surface area (TPSA) is 20.2 Å². The molecular weight excluding hydrogens is 1190 g/mol. The highest BCUT2D eigenvalue weighted by Gasteiger charge is 2.54. The molecule has 0 heterocycles. The fourth-order valence-electron chi connectivity index (χ4n) is 18.8. The summed E-state index contributed by atoms with van der Waals surface area (Å²) in [6, 6.07) is 30.5. The maximum atomic E-state index is 9.55. The minimum absolute atomic E-state index is 0. The molecule has 8 saturated carbocycles. The van der Waals surface area contributed by atoms with E-state index in [0.717, 1.165) is 127 Å². The van der Waals surface area contributed by atoms with Crippen LogP contribution in [0.1, 0.15) is 372 Å². The second-order valence-electron chi connectivity index (χ2n) is 34.4. The fraction of sp³-hybridized carbons (Fsp3) is 0.755. The Labute approximate surface area is 620 Å². The Morgan fingerprint density at radius 3 is 0.960 bits per heavy atom. The summed E-state index contributed by atoms with van der Waals surface area (Å²) in [5, 5.41) is 9.55. The van der Waals surface area contributed by atoms with E-state index >= 15 is 0 Å². The first kappa shape index (κ1) is 91.8. The number of aromatic hydroxyl groups is 1. The third-order valence-corrected chi connectivity index (χ3v) is 26.5. The van der Waals surface area contributed by atoms with Gasteiger partial charge >= 0.3 is 0 Å². The molecule has 0 spiro atoms. The quantitative estimate of drug-likeness (QED) is 0.141. The van der Waals surface area contributed by atoms with E-state index in [9.17, 15) is 5.11 Å². The van der Waals surface area contributed by atoms with Crippen LogP contribution in [0.5, 0.6) is 5.75 Å². The molecule has 8 unspecified atom stereocenters. The number of phenols is 1. The minimum Gasteiger partial charge on any atom is -0.508 e. The molecular formula is C98H170O. The van der Waals surface area contributed by atoms with Gasteiger partial charge in [-0.2, -0.15) is 0 Å². The van der Waals surface area contributed by atoms with Gasteiger partial charge in [0.2, 0.25) is 0 Å². The van der Waals surface area contributed by atoms with Gasteiger partial charge in [0.25, 0.3) is 0 Å². The van der Waals surface area contributed by atoms with Gasteiger partial charge in [-0.15, -0.1) is 0 Å². The zero-order chi connectivity index (χ0) is 71.5. The molecule has 12 rings (SSSR count). The summed E-state index contributed by atoms with van der Waals surface area (Å²) < 4.78 is 0. The molecule has 0 radical (unpaired) electrons. The summed E-state index contributed by atoms with van der Waals surface area (Å²) in [5.74, 6) is 17.6. The van der Waals surface area contributed by atoms with Crippen LogP contribution in [0.3, 0.4) is 0 Å². The van der Waals surface area contributed by atoms with Gasteiger partial charge in [-0.1, -0.05) is 354 Å². The lowest BCUT2D eigenvalue weighted by Gasteiger charge is -2.46. The van der Waals surface area contributed by atoms with Crippen molar-refractivity contribution in [3.63, 3.8) is 0 Å². The van der Waals surface area contributed by atoms with Crippen LogP contribution in [0.25, 0.3) is 11.1 Å². The van der Waals surface area contributed by atoms with Crippen LogP contribution in [0.2, 0.25) is 0 Å². The Balaban J connectivity index is 0.000000387. The van der Waals surface area contributed by atoms with Gasteiger partial charge in [0.15, 0.2) is 0 Å². The van der Waals surface area contributed by atoms with Crippen LogP contribution in [0, 0.1) is 107 Å². The van der Waals surface area contributed by atoms with E-state index in [1.165, 1.54) is 210 Å². The predicted octanol–water partition coefficient (Wildman–Crippen LogP) is 31.5. The lowest BCUT2D eigenvalue weighted by Crippen LogP contribution is -2.36. The molecule has 8 aliphatic rings. The Morgan fingerprint density at radius 2 is 0.657 bits per heavy atom. The van der Waals surface area contributed by atoms with E-state index in [-0.39, 0.29) is 14.9 Å². The summed E-state index contributed by atoms with van der Waals surface area (Å²) in [6.07, 6.45) is 48.1. The third kappa shape index (κ3) is 31.9. The van der Waals surface area contributed by atoms with Crippen LogP contribution in [0.4, 0.5) is 0 Å². The molecule has 4 aromatic rings. The molecule has 4 aromatic carbocycles. The summed E-state index contributed by atoms with van der Waals surface area (Å²) in [7, 11) is 0. The van der Waals surface area contributed by atoms with E-state index in [2.05, 4.69) is 224 Å². The molecule has 8 atom stereocenters. The largest absolute Gasteiger partial charge is 0.508 e. The van der Waals surface area contributed by atoms with E-state index in [1.807, 2.05) is 6.07 Å². The number of rotatable bonds is 13. The monoisotopic (exact) mass is 1360 g/mol. The van der Waals surface area contributed by atoms with Crippen LogP contribution < -0.4 is 0 Å². The lowest BCUT2D eigenvalue weighted by molar-refractivity contribution is 0.0421. The molecule has 0 amide bonds. The SMILES string of the molecule is C.C.CC1CCC(C(C)(C)C2CCC(C)CC2)CC1.CC1CCC(C)C1.CC1CCC(C)CC1.CCC.CCC1CC2C3CC(CC)C(C3)C2C1.CCC1CCC(CC)CC1.CCc1cc(O)c(CC)cc1C.CCc1ccc(-c2ccc(CC)cc2)cc1.CCc1ccc(CC)cc1. The first-order valence-electron chi connectivity index (χ1n) is 42.6. The molecule has 99 heavy (non-hydrogen) atoms. The smallest absolute Gasteiger partial charge is 0.119 e. The molecule has 8 aliphatic carbocycles. The maximum absolute atomic E-state index is 9.55. The van der Waals surface area contributed by atoms with Crippen LogP contribution in [-0.4, -0.2) is 5.11 Å². The van der Waals surface area contributed by atoms with Gasteiger partial charge in [-0.05, 0) is 259 Å². The summed E-state index contributed by atoms with van der Waals surface area (Å²) in [4.78, 5) is 0. The molecule has 0 aromatic heterocycles. The molecule has 1 nitrogen and oxygen atoms in total. The first-order valence-corrected chi connectivity index (χ1v) is 42.6. The standard InChI is InChI=1S/C17H32.C16H18.C14H24.C11H16O.C10H20.C10H14.C8H16.C7H14.C3H8.2CH4/c1-13-5-9-15(10-6-13)17(3,4)16-11-7-14(2)8-12-16;1-3-13-5-9-15(10-6-13)16-11-7-14(4-2)8-12-16;1-3-9-5-12-11-7-10(4-2)13(8-11)14(12)6-9;1-4-9-7-11(12)10(5-2)6-8(9)3;2*1-3-9-5-7-10(4-2)8-6-9;1-7-3-5-8(2)6-4-7;1-6-3-4-7(2)5-6;1-3-2;;/h13-16H,5-12H2,1-4H3;5-12H,3-4H2,1-2H3;9-14H,3-8H2,1-2H3;6-7,12H,4-5H2,1-3H3;9-10H,3-8H2,1-2H3;5-8H,3-4H2,1-2H3;7-8H,3-6H2,1-2H3;6-7H,3-5H2,1-2H3;3H2,1-2H3;2*1H4. The molecule has 0 aliphatic heterocycles. The Kier molecular flexibility index (Phi) is 46.5. The van der Waals surface area contributed by atoms with E-state index in [0.29, 0.717) is 11.2 Å². The van der Waals surface area contributed by atoms with E-state index in [1.54, 1.807) is 25.7 Å². The van der Waals surface area contributed by atoms with Gasteiger partial charge in [0, 0.05) is 0 Å². The molecule has 1 N–H and O–H groups in total. The van der Waals surface area contributed by atoms with Gasteiger partial charge < -0.3 is 5.11 Å². The van der Waals surface area contributed by atoms with Gasteiger partial charge in [0.05, 0.1) is 0 Å². The summed E-state index contributed by atoms with van der Waals surface area (Å²) in [6.45, 7) is 48.2. The Morgan fingerprint density at radius 1 is 0.333 bits per heavy atom. The third-order valence-electron chi connectivity index (χ3n) is 26.5. The Bertz CT molecular complexity index is 2410. The van der Waals surface area contributed by atoms with Crippen molar-refractivity contribution in [3.8, 4) is 16.9 Å². The molecule has 1 heteroatoms. The van der Waals surface area contributed by atoms with Gasteiger partial charge in [0.1, 0.15) is 5.75 Å². The van der Waals surface area contributed by atoms with Crippen molar-refractivity contribution in [2.24, 2.45) is 100 Å². The van der Waals surface area contributed by atoms with Crippen molar-refractivity contribution < 1.29 is 5.11 Å². The van der Waals surface area contributed by atoms with Crippen LogP contribution >= 0.6 is 0 Å².